The fraction of sp³-hybridized carbons (Fsp3) is 0.615. The molecule has 0 aromatic rings. The van der Waals surface area contributed by atoms with E-state index in [-0.39, 0.29) is 5.97 Å². The van der Waals surface area contributed by atoms with E-state index in [9.17, 15) is 4.79 Å². The molecule has 0 aromatic carbocycles. The molecule has 2 nitrogen and oxygen atoms in total. The number of carbonyl (C=O) groups excluding carboxylic acids is 1. The van der Waals surface area contributed by atoms with E-state index in [0.717, 1.165) is 12.0 Å². The normalized spacial score (nSPS) is 25.5. The molecule has 84 valence electrons. The number of esters is 1. The van der Waals surface area contributed by atoms with Crippen molar-refractivity contribution in [3.05, 3.63) is 22.8 Å². The summed E-state index contributed by atoms with van der Waals surface area (Å²) in [6.07, 6.45) is 3.36. The third-order valence-electron chi connectivity index (χ3n) is 3.17. The summed E-state index contributed by atoms with van der Waals surface area (Å²) in [6, 6.07) is 0. The predicted octanol–water partition coefficient (Wildman–Crippen LogP) is 3.38. The quantitative estimate of drug-likeness (QED) is 0.664. The summed E-state index contributed by atoms with van der Waals surface area (Å²) < 4.78 is 5.52. The van der Waals surface area contributed by atoms with E-state index >= 15 is 0 Å². The second-order valence-electron chi connectivity index (χ2n) is 4.41. The highest BCUT2D eigenvalue weighted by Crippen LogP contribution is 2.36. The summed E-state index contributed by atoms with van der Waals surface area (Å²) in [4.78, 5) is 11.5. The molecule has 2 heteroatoms. The standard InChI is InChI=1S/C13H20O2/c1-6-7-12(14)15-13(5)8-9(2)10(3)11(13)4/h8H,6-7H2,1-5H3. The molecular formula is C13H20O2. The van der Waals surface area contributed by atoms with Crippen molar-refractivity contribution in [2.24, 2.45) is 0 Å². The van der Waals surface area contributed by atoms with Crippen molar-refractivity contribution in [3.63, 3.8) is 0 Å². The van der Waals surface area contributed by atoms with E-state index in [1.54, 1.807) is 0 Å². The zero-order valence-electron chi connectivity index (χ0n) is 10.3. The number of allylic oxidation sites excluding steroid dienone is 2. The lowest BCUT2D eigenvalue weighted by atomic mass is 9.99. The fourth-order valence-corrected chi connectivity index (χ4v) is 1.90. The Morgan fingerprint density at radius 3 is 2.40 bits per heavy atom. The number of rotatable bonds is 3. The molecule has 1 unspecified atom stereocenters. The molecule has 1 aliphatic rings. The van der Waals surface area contributed by atoms with Crippen LogP contribution in [0.2, 0.25) is 0 Å². The van der Waals surface area contributed by atoms with Gasteiger partial charge in [0, 0.05) is 6.42 Å². The third kappa shape index (κ3) is 2.31. The van der Waals surface area contributed by atoms with Crippen molar-refractivity contribution in [1.82, 2.24) is 0 Å². The van der Waals surface area contributed by atoms with Crippen LogP contribution in [-0.4, -0.2) is 11.6 Å². The minimum atomic E-state index is -0.513. The Hall–Kier alpha value is -1.05. The molecule has 0 saturated heterocycles. The number of carbonyl (C=O) groups is 1. The first-order chi connectivity index (χ1) is 6.90. The van der Waals surface area contributed by atoms with Gasteiger partial charge in [0.2, 0.25) is 0 Å². The second kappa shape index (κ2) is 4.21. The van der Waals surface area contributed by atoms with Crippen molar-refractivity contribution >= 4 is 5.97 Å². The van der Waals surface area contributed by atoms with Gasteiger partial charge in [-0.3, -0.25) is 4.79 Å². The highest BCUT2D eigenvalue weighted by atomic mass is 16.6. The lowest BCUT2D eigenvalue weighted by molar-refractivity contribution is -0.151. The molecule has 1 rings (SSSR count). The first-order valence-electron chi connectivity index (χ1n) is 5.50. The summed E-state index contributed by atoms with van der Waals surface area (Å²) >= 11 is 0. The van der Waals surface area contributed by atoms with E-state index in [1.165, 1.54) is 11.1 Å². The van der Waals surface area contributed by atoms with Gasteiger partial charge >= 0.3 is 5.97 Å². The van der Waals surface area contributed by atoms with Gasteiger partial charge in [-0.25, -0.2) is 0 Å². The molecule has 0 N–H and O–H groups in total. The molecule has 0 spiro atoms. The number of hydrogen-bond donors (Lipinski definition) is 0. The molecule has 0 fully saturated rings. The van der Waals surface area contributed by atoms with E-state index < -0.39 is 5.60 Å². The lowest BCUT2D eigenvalue weighted by Crippen LogP contribution is -2.29. The monoisotopic (exact) mass is 208 g/mol. The van der Waals surface area contributed by atoms with Gasteiger partial charge in [-0.1, -0.05) is 6.92 Å². The first kappa shape index (κ1) is 12.0. The Labute approximate surface area is 92.0 Å². The summed E-state index contributed by atoms with van der Waals surface area (Å²) in [7, 11) is 0. The summed E-state index contributed by atoms with van der Waals surface area (Å²) in [6.45, 7) is 10.1. The summed E-state index contributed by atoms with van der Waals surface area (Å²) in [5.41, 5.74) is 3.08. The zero-order chi connectivity index (χ0) is 11.6. The maximum absolute atomic E-state index is 11.5. The van der Waals surface area contributed by atoms with Crippen LogP contribution in [0.5, 0.6) is 0 Å². The Morgan fingerprint density at radius 1 is 1.40 bits per heavy atom. The smallest absolute Gasteiger partial charge is 0.306 e. The Balaban J connectivity index is 2.83. The van der Waals surface area contributed by atoms with Crippen LogP contribution in [0.4, 0.5) is 0 Å². The van der Waals surface area contributed by atoms with Crippen molar-refractivity contribution in [2.75, 3.05) is 0 Å². The highest BCUT2D eigenvalue weighted by molar-refractivity contribution is 5.71. The SMILES string of the molecule is CCCC(=O)OC1(C)C=C(C)C(C)=C1C. The van der Waals surface area contributed by atoms with Crippen molar-refractivity contribution in [1.29, 1.82) is 0 Å². The summed E-state index contributed by atoms with van der Waals surface area (Å²) in [5.74, 6) is -0.113. The van der Waals surface area contributed by atoms with Crippen molar-refractivity contribution in [3.8, 4) is 0 Å². The molecule has 0 aromatic heterocycles. The maximum Gasteiger partial charge on any atom is 0.306 e. The van der Waals surface area contributed by atoms with Crippen LogP contribution < -0.4 is 0 Å². The first-order valence-corrected chi connectivity index (χ1v) is 5.50. The Morgan fingerprint density at radius 2 is 2.00 bits per heavy atom. The van der Waals surface area contributed by atoms with Crippen molar-refractivity contribution < 1.29 is 9.53 Å². The van der Waals surface area contributed by atoms with Crippen LogP contribution in [-0.2, 0) is 9.53 Å². The van der Waals surface area contributed by atoms with Crippen LogP contribution in [0.3, 0.4) is 0 Å². The molecule has 0 amide bonds. The van der Waals surface area contributed by atoms with E-state index in [1.807, 2.05) is 26.8 Å². The number of hydrogen-bond acceptors (Lipinski definition) is 2. The van der Waals surface area contributed by atoms with E-state index in [4.69, 9.17) is 4.74 Å². The van der Waals surface area contributed by atoms with Gasteiger partial charge in [-0.15, -0.1) is 0 Å². The largest absolute Gasteiger partial charge is 0.450 e. The van der Waals surface area contributed by atoms with Crippen LogP contribution in [0.1, 0.15) is 47.5 Å². The molecule has 0 saturated carbocycles. The third-order valence-corrected chi connectivity index (χ3v) is 3.17. The Kier molecular flexibility index (Phi) is 3.38. The predicted molar refractivity (Wildman–Crippen MR) is 61.5 cm³/mol. The molecule has 1 aliphatic carbocycles. The molecule has 0 aliphatic heterocycles. The molecule has 1 atom stereocenters. The molecule has 0 radical (unpaired) electrons. The van der Waals surface area contributed by atoms with Crippen LogP contribution in [0.15, 0.2) is 22.8 Å². The highest BCUT2D eigenvalue weighted by Gasteiger charge is 2.34. The minimum absolute atomic E-state index is 0.113. The fourth-order valence-electron chi connectivity index (χ4n) is 1.90. The average molecular weight is 208 g/mol. The van der Waals surface area contributed by atoms with E-state index in [0.29, 0.717) is 6.42 Å². The van der Waals surface area contributed by atoms with Gasteiger partial charge in [-0.2, -0.15) is 0 Å². The molecule has 0 bridgehead atoms. The van der Waals surface area contributed by atoms with Gasteiger partial charge in [0.15, 0.2) is 0 Å². The summed E-state index contributed by atoms with van der Waals surface area (Å²) in [5, 5.41) is 0. The number of ether oxygens (including phenoxy) is 1. The topological polar surface area (TPSA) is 26.3 Å². The molecule has 15 heavy (non-hydrogen) atoms. The average Bonchev–Trinajstić information content (AvgIpc) is 2.31. The lowest BCUT2D eigenvalue weighted by Gasteiger charge is -2.25. The Bertz CT molecular complexity index is 336. The van der Waals surface area contributed by atoms with Gasteiger partial charge in [0.25, 0.3) is 0 Å². The van der Waals surface area contributed by atoms with Crippen molar-refractivity contribution in [2.45, 2.75) is 53.1 Å². The maximum atomic E-state index is 11.5. The zero-order valence-corrected chi connectivity index (χ0v) is 10.3. The van der Waals surface area contributed by atoms with Gasteiger partial charge in [0.05, 0.1) is 0 Å². The van der Waals surface area contributed by atoms with Crippen LogP contribution in [0, 0.1) is 0 Å². The van der Waals surface area contributed by atoms with Gasteiger partial charge < -0.3 is 4.74 Å². The van der Waals surface area contributed by atoms with Crippen LogP contribution in [0.25, 0.3) is 0 Å². The molecule has 0 heterocycles. The van der Waals surface area contributed by atoms with Gasteiger partial charge in [-0.05, 0) is 56.9 Å². The minimum Gasteiger partial charge on any atom is -0.450 e. The molecular weight excluding hydrogens is 188 g/mol. The van der Waals surface area contributed by atoms with E-state index in [2.05, 4.69) is 13.8 Å². The van der Waals surface area contributed by atoms with Gasteiger partial charge in [0.1, 0.15) is 5.60 Å². The second-order valence-corrected chi connectivity index (χ2v) is 4.41. The van der Waals surface area contributed by atoms with Crippen LogP contribution >= 0.6 is 0 Å².